The predicted molar refractivity (Wildman–Crippen MR) is 72.5 cm³/mol. The highest BCUT2D eigenvalue weighted by Gasteiger charge is 2.24. The maximum atomic E-state index is 11.8. The Balaban J connectivity index is 1.64. The molecule has 1 fully saturated rings. The molecule has 4 heteroatoms. The lowest BCUT2D eigenvalue weighted by atomic mass is 9.88. The van der Waals surface area contributed by atoms with Crippen LogP contribution in [0, 0.1) is 6.92 Å². The van der Waals surface area contributed by atoms with Gasteiger partial charge in [0.1, 0.15) is 0 Å². The van der Waals surface area contributed by atoms with E-state index in [2.05, 4.69) is 10.6 Å². The van der Waals surface area contributed by atoms with Crippen molar-refractivity contribution in [2.45, 2.75) is 31.8 Å². The van der Waals surface area contributed by atoms with Crippen LogP contribution in [0.15, 0.2) is 24.3 Å². The SMILES string of the molecule is Cc1ccc(C(=O)NCCNC2CC(N)C2)cc1. The van der Waals surface area contributed by atoms with Gasteiger partial charge in [0.2, 0.25) is 0 Å². The Labute approximate surface area is 108 Å². The fourth-order valence-electron chi connectivity index (χ4n) is 2.09. The Morgan fingerprint density at radius 2 is 1.94 bits per heavy atom. The lowest BCUT2D eigenvalue weighted by Crippen LogP contribution is -2.50. The second-order valence-corrected chi connectivity index (χ2v) is 5.00. The highest BCUT2D eigenvalue weighted by atomic mass is 16.1. The van der Waals surface area contributed by atoms with Gasteiger partial charge in [-0.3, -0.25) is 4.79 Å². The normalized spacial score (nSPS) is 22.3. The zero-order valence-electron chi connectivity index (χ0n) is 10.8. The third-order valence-corrected chi connectivity index (χ3v) is 3.33. The molecule has 1 amide bonds. The second kappa shape index (κ2) is 5.98. The van der Waals surface area contributed by atoms with Crippen molar-refractivity contribution in [2.24, 2.45) is 5.73 Å². The minimum atomic E-state index is -0.0119. The van der Waals surface area contributed by atoms with Crippen molar-refractivity contribution in [1.29, 1.82) is 0 Å². The number of hydrogen-bond acceptors (Lipinski definition) is 3. The summed E-state index contributed by atoms with van der Waals surface area (Å²) >= 11 is 0. The number of carbonyl (C=O) groups is 1. The summed E-state index contributed by atoms with van der Waals surface area (Å²) in [7, 11) is 0. The van der Waals surface area contributed by atoms with Crippen molar-refractivity contribution < 1.29 is 4.79 Å². The molecule has 1 aliphatic carbocycles. The number of nitrogens with one attached hydrogen (secondary N) is 2. The Kier molecular flexibility index (Phi) is 4.33. The van der Waals surface area contributed by atoms with Crippen LogP contribution in [0.4, 0.5) is 0 Å². The molecule has 1 aromatic rings. The summed E-state index contributed by atoms with van der Waals surface area (Å²) in [5, 5.41) is 6.27. The minimum Gasteiger partial charge on any atom is -0.351 e. The highest BCUT2D eigenvalue weighted by Crippen LogP contribution is 2.16. The van der Waals surface area contributed by atoms with E-state index in [0.29, 0.717) is 24.2 Å². The van der Waals surface area contributed by atoms with Gasteiger partial charge < -0.3 is 16.4 Å². The van der Waals surface area contributed by atoms with Gasteiger partial charge in [-0.25, -0.2) is 0 Å². The standard InChI is InChI=1S/C14H21N3O/c1-10-2-4-11(5-3-10)14(18)17-7-6-16-13-8-12(15)9-13/h2-5,12-13,16H,6-9,15H2,1H3,(H,17,18). The second-order valence-electron chi connectivity index (χ2n) is 5.00. The van der Waals surface area contributed by atoms with Crippen molar-refractivity contribution in [1.82, 2.24) is 10.6 Å². The van der Waals surface area contributed by atoms with Gasteiger partial charge in [-0.05, 0) is 31.9 Å². The van der Waals surface area contributed by atoms with E-state index < -0.39 is 0 Å². The molecule has 0 spiro atoms. The van der Waals surface area contributed by atoms with E-state index >= 15 is 0 Å². The Morgan fingerprint density at radius 1 is 1.28 bits per heavy atom. The van der Waals surface area contributed by atoms with Gasteiger partial charge in [-0.1, -0.05) is 17.7 Å². The average Bonchev–Trinajstić information content (AvgIpc) is 2.32. The van der Waals surface area contributed by atoms with Gasteiger partial charge in [-0.2, -0.15) is 0 Å². The van der Waals surface area contributed by atoms with Crippen LogP contribution in [0.3, 0.4) is 0 Å². The minimum absolute atomic E-state index is 0.0119. The summed E-state index contributed by atoms with van der Waals surface area (Å²) in [4.78, 5) is 11.8. The molecule has 0 radical (unpaired) electrons. The lowest BCUT2D eigenvalue weighted by Gasteiger charge is -2.33. The van der Waals surface area contributed by atoms with E-state index in [4.69, 9.17) is 5.73 Å². The molecule has 4 nitrogen and oxygen atoms in total. The van der Waals surface area contributed by atoms with Crippen molar-refractivity contribution in [3.05, 3.63) is 35.4 Å². The summed E-state index contributed by atoms with van der Waals surface area (Å²) < 4.78 is 0. The number of amides is 1. The van der Waals surface area contributed by atoms with Crippen LogP contribution in [0.2, 0.25) is 0 Å². The van der Waals surface area contributed by atoms with E-state index in [1.54, 1.807) is 0 Å². The first-order chi connectivity index (χ1) is 8.65. The number of rotatable bonds is 5. The first-order valence-electron chi connectivity index (χ1n) is 6.49. The zero-order chi connectivity index (χ0) is 13.0. The average molecular weight is 247 g/mol. The predicted octanol–water partition coefficient (Wildman–Crippen LogP) is 0.804. The van der Waals surface area contributed by atoms with Gasteiger partial charge in [0, 0.05) is 30.7 Å². The van der Waals surface area contributed by atoms with Crippen molar-refractivity contribution in [3.8, 4) is 0 Å². The fourth-order valence-corrected chi connectivity index (χ4v) is 2.09. The van der Waals surface area contributed by atoms with Gasteiger partial charge in [-0.15, -0.1) is 0 Å². The first kappa shape index (κ1) is 13.1. The molecule has 0 heterocycles. The van der Waals surface area contributed by atoms with Crippen molar-refractivity contribution in [2.75, 3.05) is 13.1 Å². The van der Waals surface area contributed by atoms with Gasteiger partial charge in [0.05, 0.1) is 0 Å². The number of carbonyl (C=O) groups excluding carboxylic acids is 1. The van der Waals surface area contributed by atoms with Crippen LogP contribution < -0.4 is 16.4 Å². The molecule has 0 saturated heterocycles. The largest absolute Gasteiger partial charge is 0.351 e. The summed E-state index contributed by atoms with van der Waals surface area (Å²) in [5.41, 5.74) is 7.58. The summed E-state index contributed by atoms with van der Waals surface area (Å²) in [6.45, 7) is 3.46. The van der Waals surface area contributed by atoms with E-state index in [9.17, 15) is 4.79 Å². The van der Waals surface area contributed by atoms with E-state index in [1.807, 2.05) is 31.2 Å². The molecular formula is C14H21N3O. The smallest absolute Gasteiger partial charge is 0.251 e. The van der Waals surface area contributed by atoms with Gasteiger partial charge in [0.15, 0.2) is 0 Å². The molecule has 4 N–H and O–H groups in total. The Bertz CT molecular complexity index is 396. The Morgan fingerprint density at radius 3 is 2.56 bits per heavy atom. The van der Waals surface area contributed by atoms with Crippen LogP contribution >= 0.6 is 0 Å². The van der Waals surface area contributed by atoms with Gasteiger partial charge in [0.25, 0.3) is 5.91 Å². The molecule has 0 aliphatic heterocycles. The maximum absolute atomic E-state index is 11.8. The van der Waals surface area contributed by atoms with Crippen LogP contribution in [-0.2, 0) is 0 Å². The van der Waals surface area contributed by atoms with Crippen LogP contribution in [-0.4, -0.2) is 31.1 Å². The van der Waals surface area contributed by atoms with Crippen molar-refractivity contribution >= 4 is 5.91 Å². The molecule has 2 rings (SSSR count). The van der Waals surface area contributed by atoms with E-state index in [-0.39, 0.29) is 5.91 Å². The third kappa shape index (κ3) is 3.55. The quantitative estimate of drug-likeness (QED) is 0.674. The third-order valence-electron chi connectivity index (χ3n) is 3.33. The molecule has 1 saturated carbocycles. The molecule has 0 bridgehead atoms. The molecule has 1 aromatic carbocycles. The number of nitrogens with two attached hydrogens (primary N) is 1. The van der Waals surface area contributed by atoms with Crippen LogP contribution in [0.25, 0.3) is 0 Å². The highest BCUT2D eigenvalue weighted by molar-refractivity contribution is 5.94. The molecule has 1 aliphatic rings. The summed E-state index contributed by atoms with van der Waals surface area (Å²) in [6.07, 6.45) is 2.10. The summed E-state index contributed by atoms with van der Waals surface area (Å²) in [6, 6.07) is 8.50. The van der Waals surface area contributed by atoms with E-state index in [1.165, 1.54) is 0 Å². The molecule has 0 unspecified atom stereocenters. The zero-order valence-corrected chi connectivity index (χ0v) is 10.8. The topological polar surface area (TPSA) is 67.2 Å². The van der Waals surface area contributed by atoms with Crippen molar-refractivity contribution in [3.63, 3.8) is 0 Å². The number of benzene rings is 1. The molecular weight excluding hydrogens is 226 g/mol. The maximum Gasteiger partial charge on any atom is 0.251 e. The molecule has 0 atom stereocenters. The molecule has 98 valence electrons. The number of hydrogen-bond donors (Lipinski definition) is 3. The Hall–Kier alpha value is -1.39. The first-order valence-corrected chi connectivity index (χ1v) is 6.49. The summed E-state index contributed by atoms with van der Waals surface area (Å²) in [5.74, 6) is -0.0119. The van der Waals surface area contributed by atoms with Crippen LogP contribution in [0.1, 0.15) is 28.8 Å². The monoisotopic (exact) mass is 247 g/mol. The van der Waals surface area contributed by atoms with Crippen LogP contribution in [0.5, 0.6) is 0 Å². The lowest BCUT2D eigenvalue weighted by molar-refractivity contribution is 0.0953. The molecule has 18 heavy (non-hydrogen) atoms. The van der Waals surface area contributed by atoms with Gasteiger partial charge >= 0.3 is 0 Å². The molecule has 0 aromatic heterocycles. The fraction of sp³-hybridized carbons (Fsp3) is 0.500. The van der Waals surface area contributed by atoms with E-state index in [0.717, 1.165) is 24.9 Å². The number of aryl methyl sites for hydroxylation is 1.